The van der Waals surface area contributed by atoms with Crippen molar-refractivity contribution in [2.24, 2.45) is 0 Å². The highest BCUT2D eigenvalue weighted by Gasteiger charge is 2.19. The molecule has 2 N–H and O–H groups in total. The number of halogens is 1. The smallest absolute Gasteiger partial charge is 0.255 e. The zero-order valence-electron chi connectivity index (χ0n) is 16.0. The minimum Gasteiger partial charge on any atom is -0.327 e. The number of aryl methyl sites for hydroxylation is 1. The van der Waals surface area contributed by atoms with Gasteiger partial charge in [-0.25, -0.2) is 0 Å². The lowest BCUT2D eigenvalue weighted by atomic mass is 9.99. The van der Waals surface area contributed by atoms with Gasteiger partial charge < -0.3 is 10.2 Å². The first kappa shape index (κ1) is 18.9. The lowest BCUT2D eigenvalue weighted by molar-refractivity contribution is -0.929. The lowest BCUT2D eigenvalue weighted by Gasteiger charge is -2.26. The van der Waals surface area contributed by atoms with Crippen LogP contribution in [0, 0.1) is 6.92 Å². The molecule has 0 radical (unpaired) electrons. The molecular weight excluding hydrogens is 412 g/mol. The minimum atomic E-state index is -0.0764. The van der Waals surface area contributed by atoms with Gasteiger partial charge in [-0.3, -0.25) is 4.79 Å². The van der Waals surface area contributed by atoms with E-state index in [-0.39, 0.29) is 5.91 Å². The molecule has 0 fully saturated rings. The summed E-state index contributed by atoms with van der Waals surface area (Å²) in [7, 11) is 0. The van der Waals surface area contributed by atoms with Crippen molar-refractivity contribution in [3.05, 3.63) is 99.0 Å². The number of hydrogen-bond acceptors (Lipinski definition) is 1. The fraction of sp³-hybridized carbons (Fsp3) is 0.208. The van der Waals surface area contributed by atoms with Gasteiger partial charge in [-0.05, 0) is 48.4 Å². The van der Waals surface area contributed by atoms with Crippen LogP contribution in [0.25, 0.3) is 0 Å². The van der Waals surface area contributed by atoms with Crippen molar-refractivity contribution in [1.29, 1.82) is 0 Å². The highest BCUT2D eigenvalue weighted by Crippen LogP contribution is 2.20. The number of carbonyl (C=O) groups excluding carboxylic acids is 1. The standard InChI is InChI=1S/C24H23BrN2O/c1-17-14-22(10-11-23(17)25)26-24(28)20-8-6-18(7-9-20)15-27-13-12-19-4-2-3-5-21(19)16-27/h2-11,14H,12-13,15-16H2,1H3,(H,26,28)/p+1. The van der Waals surface area contributed by atoms with Gasteiger partial charge in [-0.15, -0.1) is 0 Å². The van der Waals surface area contributed by atoms with Crippen molar-refractivity contribution in [3.8, 4) is 0 Å². The van der Waals surface area contributed by atoms with E-state index in [0.29, 0.717) is 5.56 Å². The van der Waals surface area contributed by atoms with Gasteiger partial charge in [0.25, 0.3) is 5.91 Å². The summed E-state index contributed by atoms with van der Waals surface area (Å²) in [6.07, 6.45) is 1.14. The Kier molecular flexibility index (Phi) is 5.60. The first-order chi connectivity index (χ1) is 13.6. The molecule has 28 heavy (non-hydrogen) atoms. The van der Waals surface area contributed by atoms with Gasteiger partial charge in [0.05, 0.1) is 6.54 Å². The molecule has 0 spiro atoms. The highest BCUT2D eigenvalue weighted by molar-refractivity contribution is 9.10. The minimum absolute atomic E-state index is 0.0764. The van der Waals surface area contributed by atoms with Crippen LogP contribution in [0.15, 0.2) is 71.2 Å². The summed E-state index contributed by atoms with van der Waals surface area (Å²) in [6, 6.07) is 22.6. The Labute approximate surface area is 174 Å². The molecule has 1 heterocycles. The van der Waals surface area contributed by atoms with E-state index in [1.165, 1.54) is 16.7 Å². The van der Waals surface area contributed by atoms with Crippen LogP contribution in [0.5, 0.6) is 0 Å². The molecule has 0 saturated heterocycles. The lowest BCUT2D eigenvalue weighted by Crippen LogP contribution is -3.10. The summed E-state index contributed by atoms with van der Waals surface area (Å²) in [6.45, 7) is 5.22. The first-order valence-corrected chi connectivity index (χ1v) is 10.4. The molecule has 3 aromatic carbocycles. The fourth-order valence-corrected chi connectivity index (χ4v) is 4.03. The second-order valence-corrected chi connectivity index (χ2v) is 8.34. The average Bonchev–Trinajstić information content (AvgIpc) is 2.71. The normalized spacial score (nSPS) is 15.7. The molecule has 1 aliphatic heterocycles. The second-order valence-electron chi connectivity index (χ2n) is 7.49. The zero-order chi connectivity index (χ0) is 19.5. The number of quaternary nitrogens is 1. The largest absolute Gasteiger partial charge is 0.327 e. The zero-order valence-corrected chi connectivity index (χ0v) is 17.6. The maximum absolute atomic E-state index is 12.5. The molecule has 1 atom stereocenters. The number of benzene rings is 3. The summed E-state index contributed by atoms with van der Waals surface area (Å²) in [4.78, 5) is 14.1. The van der Waals surface area contributed by atoms with Crippen LogP contribution in [-0.4, -0.2) is 12.5 Å². The Hall–Kier alpha value is -2.43. The maximum Gasteiger partial charge on any atom is 0.255 e. The molecule has 1 aliphatic rings. The van der Waals surface area contributed by atoms with E-state index >= 15 is 0 Å². The van der Waals surface area contributed by atoms with Gasteiger partial charge >= 0.3 is 0 Å². The second kappa shape index (κ2) is 8.29. The van der Waals surface area contributed by atoms with Crippen LogP contribution in [-0.2, 0) is 19.5 Å². The molecular formula is C24H24BrN2O+. The SMILES string of the molecule is Cc1cc(NC(=O)c2ccc(C[NH+]3CCc4ccccc4C3)cc2)ccc1Br. The van der Waals surface area contributed by atoms with Crippen molar-refractivity contribution < 1.29 is 9.69 Å². The van der Waals surface area contributed by atoms with Crippen molar-refractivity contribution in [1.82, 2.24) is 0 Å². The summed E-state index contributed by atoms with van der Waals surface area (Å²) < 4.78 is 1.04. The van der Waals surface area contributed by atoms with Gasteiger partial charge in [0, 0.05) is 33.3 Å². The molecule has 0 aromatic heterocycles. The maximum atomic E-state index is 12.5. The molecule has 1 unspecified atom stereocenters. The first-order valence-electron chi connectivity index (χ1n) is 9.65. The Morgan fingerprint density at radius 2 is 1.79 bits per heavy atom. The highest BCUT2D eigenvalue weighted by atomic mass is 79.9. The van der Waals surface area contributed by atoms with Crippen LogP contribution >= 0.6 is 15.9 Å². The summed E-state index contributed by atoms with van der Waals surface area (Å²) in [5.41, 5.74) is 6.81. The van der Waals surface area contributed by atoms with E-state index in [2.05, 4.69) is 57.6 Å². The third-order valence-electron chi connectivity index (χ3n) is 5.39. The molecule has 3 aromatic rings. The summed E-state index contributed by atoms with van der Waals surface area (Å²) >= 11 is 3.48. The van der Waals surface area contributed by atoms with Crippen molar-refractivity contribution in [3.63, 3.8) is 0 Å². The Morgan fingerprint density at radius 1 is 1.04 bits per heavy atom. The molecule has 4 heteroatoms. The Morgan fingerprint density at radius 3 is 2.54 bits per heavy atom. The topological polar surface area (TPSA) is 33.5 Å². The quantitative estimate of drug-likeness (QED) is 0.633. The van der Waals surface area contributed by atoms with E-state index in [4.69, 9.17) is 0 Å². The van der Waals surface area contributed by atoms with E-state index in [0.717, 1.165) is 41.8 Å². The van der Waals surface area contributed by atoms with E-state index in [9.17, 15) is 4.79 Å². The molecule has 0 aliphatic carbocycles. The molecule has 142 valence electrons. The number of nitrogens with one attached hydrogen (secondary N) is 2. The van der Waals surface area contributed by atoms with E-state index < -0.39 is 0 Å². The monoisotopic (exact) mass is 435 g/mol. The van der Waals surface area contributed by atoms with Gasteiger partial charge in [0.15, 0.2) is 0 Å². The van der Waals surface area contributed by atoms with Crippen LogP contribution in [0.4, 0.5) is 5.69 Å². The number of fused-ring (bicyclic) bond motifs is 1. The van der Waals surface area contributed by atoms with Gasteiger partial charge in [0.2, 0.25) is 0 Å². The van der Waals surface area contributed by atoms with Gasteiger partial charge in [-0.2, -0.15) is 0 Å². The summed E-state index contributed by atoms with van der Waals surface area (Å²) in [5, 5.41) is 2.97. The van der Waals surface area contributed by atoms with E-state index in [1.54, 1.807) is 4.90 Å². The molecule has 0 saturated carbocycles. The van der Waals surface area contributed by atoms with Crippen molar-refractivity contribution >= 4 is 27.5 Å². The van der Waals surface area contributed by atoms with Crippen molar-refractivity contribution in [2.75, 3.05) is 11.9 Å². The number of carbonyl (C=O) groups is 1. The van der Waals surface area contributed by atoms with Gasteiger partial charge in [-0.1, -0.05) is 52.3 Å². The van der Waals surface area contributed by atoms with E-state index in [1.807, 2.05) is 37.3 Å². The molecule has 3 nitrogen and oxygen atoms in total. The Bertz CT molecular complexity index is 998. The summed E-state index contributed by atoms with van der Waals surface area (Å²) in [5.74, 6) is -0.0764. The number of amides is 1. The molecule has 1 amide bonds. The average molecular weight is 436 g/mol. The Balaban J connectivity index is 1.38. The molecule has 4 rings (SSSR count). The number of hydrogen-bond donors (Lipinski definition) is 2. The predicted molar refractivity (Wildman–Crippen MR) is 117 cm³/mol. The van der Waals surface area contributed by atoms with Crippen LogP contribution in [0.3, 0.4) is 0 Å². The van der Waals surface area contributed by atoms with Crippen LogP contribution < -0.4 is 10.2 Å². The third-order valence-corrected chi connectivity index (χ3v) is 6.28. The van der Waals surface area contributed by atoms with Crippen molar-refractivity contribution in [2.45, 2.75) is 26.4 Å². The van der Waals surface area contributed by atoms with Crippen LogP contribution in [0.1, 0.15) is 32.6 Å². The fourth-order valence-electron chi connectivity index (χ4n) is 3.78. The predicted octanol–water partition coefficient (Wildman–Crippen LogP) is 4.15. The third kappa shape index (κ3) is 4.34. The van der Waals surface area contributed by atoms with Crippen LogP contribution in [0.2, 0.25) is 0 Å². The van der Waals surface area contributed by atoms with Gasteiger partial charge in [0.1, 0.15) is 13.1 Å². The number of rotatable bonds is 4. The number of anilines is 1. The molecule has 0 bridgehead atoms.